The number of aromatic nitrogens is 1. The monoisotopic (exact) mass is 339 g/mol. The quantitative estimate of drug-likeness (QED) is 0.620. The number of thioether (sulfide) groups is 1. The summed E-state index contributed by atoms with van der Waals surface area (Å²) in [7, 11) is 0. The summed E-state index contributed by atoms with van der Waals surface area (Å²) >= 11 is 1.82. The topological polar surface area (TPSA) is 59.4 Å². The van der Waals surface area contributed by atoms with Crippen LogP contribution in [0.25, 0.3) is 0 Å². The number of Topliss-reactive ketones (excluding diaryl/α,β-unsaturated/α-hetero) is 1. The van der Waals surface area contributed by atoms with Gasteiger partial charge in [0, 0.05) is 42.9 Å². The predicted octanol–water partition coefficient (Wildman–Crippen LogP) is 3.89. The van der Waals surface area contributed by atoms with Gasteiger partial charge in [0.1, 0.15) is 5.78 Å². The Kier molecular flexibility index (Phi) is 9.26. The van der Waals surface area contributed by atoms with Crippen molar-refractivity contribution in [2.75, 3.05) is 19.0 Å². The summed E-state index contributed by atoms with van der Waals surface area (Å²) in [6, 6.07) is 3.84. The van der Waals surface area contributed by atoms with E-state index in [0.717, 1.165) is 11.3 Å². The molecule has 0 saturated heterocycles. The van der Waals surface area contributed by atoms with Crippen LogP contribution in [-0.2, 0) is 4.79 Å². The summed E-state index contributed by atoms with van der Waals surface area (Å²) in [4.78, 5) is 16.5. The molecular weight excluding hydrogens is 310 g/mol. The fraction of sp³-hybridized carbons (Fsp3) is 0.667. The summed E-state index contributed by atoms with van der Waals surface area (Å²) in [6.07, 6.45) is 2.94. The van der Waals surface area contributed by atoms with Gasteiger partial charge in [0.05, 0.1) is 6.61 Å². The highest BCUT2D eigenvalue weighted by Gasteiger charge is 2.19. The molecule has 5 heteroatoms. The van der Waals surface area contributed by atoms with Gasteiger partial charge in [-0.05, 0) is 17.2 Å². The van der Waals surface area contributed by atoms with E-state index in [0.29, 0.717) is 31.2 Å². The number of aliphatic hydroxyl groups excluding tert-OH is 1. The Morgan fingerprint density at radius 2 is 2.04 bits per heavy atom. The van der Waals surface area contributed by atoms with E-state index in [2.05, 4.69) is 18.8 Å². The van der Waals surface area contributed by atoms with Crippen molar-refractivity contribution in [2.24, 2.45) is 11.8 Å². The minimum atomic E-state index is 0.0613. The van der Waals surface area contributed by atoms with Crippen molar-refractivity contribution in [2.45, 2.75) is 45.8 Å². The summed E-state index contributed by atoms with van der Waals surface area (Å²) in [6.45, 7) is 8.84. The van der Waals surface area contributed by atoms with Gasteiger partial charge in [0.15, 0.2) is 0 Å². The van der Waals surface area contributed by atoms with Gasteiger partial charge in [0.2, 0.25) is 5.88 Å². The SMILES string of the molecule is CC(C)CSC(CC(=O)C(C)C)c1ccc(OCCCO)nc1. The van der Waals surface area contributed by atoms with Gasteiger partial charge < -0.3 is 9.84 Å². The second-order valence-corrected chi connectivity index (χ2v) is 7.63. The smallest absolute Gasteiger partial charge is 0.213 e. The molecule has 0 amide bonds. The maximum absolute atomic E-state index is 12.1. The molecule has 1 rings (SSSR count). The van der Waals surface area contributed by atoms with Crippen molar-refractivity contribution in [1.82, 2.24) is 4.98 Å². The first-order valence-corrected chi connectivity index (χ1v) is 9.32. The van der Waals surface area contributed by atoms with Gasteiger partial charge in [-0.1, -0.05) is 33.8 Å². The second kappa shape index (κ2) is 10.7. The molecule has 1 heterocycles. The van der Waals surface area contributed by atoms with Gasteiger partial charge in [-0.25, -0.2) is 4.98 Å². The average Bonchev–Trinajstić information content (AvgIpc) is 2.52. The molecular formula is C18H29NO3S. The second-order valence-electron chi connectivity index (χ2n) is 6.40. The molecule has 0 bridgehead atoms. The largest absolute Gasteiger partial charge is 0.478 e. The molecule has 1 N–H and O–H groups in total. The number of carbonyl (C=O) groups excluding carboxylic acids is 1. The molecule has 1 unspecified atom stereocenters. The zero-order valence-electron chi connectivity index (χ0n) is 14.6. The fourth-order valence-electron chi connectivity index (χ4n) is 1.91. The van der Waals surface area contributed by atoms with Crippen LogP contribution in [0.4, 0.5) is 0 Å². The van der Waals surface area contributed by atoms with Crippen molar-refractivity contribution in [1.29, 1.82) is 0 Å². The van der Waals surface area contributed by atoms with Crippen LogP contribution < -0.4 is 4.74 Å². The van der Waals surface area contributed by atoms with E-state index in [9.17, 15) is 4.79 Å². The molecule has 0 saturated carbocycles. The van der Waals surface area contributed by atoms with Crippen molar-refractivity contribution >= 4 is 17.5 Å². The number of nitrogens with zero attached hydrogens (tertiary/aromatic N) is 1. The number of hydrogen-bond donors (Lipinski definition) is 1. The Labute approximate surface area is 144 Å². The number of aliphatic hydroxyl groups is 1. The van der Waals surface area contributed by atoms with Gasteiger partial charge in [-0.2, -0.15) is 11.8 Å². The molecule has 0 spiro atoms. The maximum atomic E-state index is 12.1. The van der Waals surface area contributed by atoms with Crippen LogP contribution in [0.15, 0.2) is 18.3 Å². The van der Waals surface area contributed by atoms with Crippen molar-refractivity contribution in [3.05, 3.63) is 23.9 Å². The summed E-state index contributed by atoms with van der Waals surface area (Å²) in [5.41, 5.74) is 1.07. The Morgan fingerprint density at radius 1 is 1.30 bits per heavy atom. The molecule has 130 valence electrons. The van der Waals surface area contributed by atoms with E-state index in [1.54, 1.807) is 6.20 Å². The van der Waals surface area contributed by atoms with Crippen LogP contribution in [-0.4, -0.2) is 34.8 Å². The molecule has 1 atom stereocenters. The normalized spacial score (nSPS) is 12.7. The van der Waals surface area contributed by atoms with Gasteiger partial charge in [0.25, 0.3) is 0 Å². The van der Waals surface area contributed by atoms with Crippen LogP contribution in [0.1, 0.15) is 51.3 Å². The van der Waals surface area contributed by atoms with E-state index in [1.165, 1.54) is 0 Å². The number of hydrogen-bond acceptors (Lipinski definition) is 5. The zero-order valence-corrected chi connectivity index (χ0v) is 15.4. The average molecular weight is 340 g/mol. The van der Waals surface area contributed by atoms with E-state index >= 15 is 0 Å². The standard InChI is InChI=1S/C18H29NO3S/c1-13(2)12-23-17(10-16(21)14(3)4)15-6-7-18(19-11-15)22-9-5-8-20/h6-7,11,13-14,17,20H,5,8-10,12H2,1-4H3. The third-order valence-electron chi connectivity index (χ3n) is 3.34. The molecule has 0 fully saturated rings. The first-order valence-electron chi connectivity index (χ1n) is 8.28. The first-order chi connectivity index (χ1) is 10.9. The molecule has 0 aliphatic rings. The summed E-state index contributed by atoms with van der Waals surface area (Å²) in [5, 5.41) is 8.90. The number of ketones is 1. The predicted molar refractivity (Wildman–Crippen MR) is 95.9 cm³/mol. The Hall–Kier alpha value is -1.07. The number of ether oxygens (including phenoxy) is 1. The molecule has 0 aliphatic carbocycles. The van der Waals surface area contributed by atoms with E-state index in [1.807, 2.05) is 37.7 Å². The Balaban J connectivity index is 2.73. The van der Waals surface area contributed by atoms with Crippen molar-refractivity contribution in [3.63, 3.8) is 0 Å². The molecule has 0 radical (unpaired) electrons. The van der Waals surface area contributed by atoms with Crippen LogP contribution in [0.2, 0.25) is 0 Å². The summed E-state index contributed by atoms with van der Waals surface area (Å²) < 4.78 is 5.45. The first kappa shape index (κ1) is 20.0. The van der Waals surface area contributed by atoms with Crippen molar-refractivity contribution in [3.8, 4) is 5.88 Å². The lowest BCUT2D eigenvalue weighted by molar-refractivity contribution is -0.121. The molecule has 1 aromatic heterocycles. The lowest BCUT2D eigenvalue weighted by Gasteiger charge is -2.18. The molecule has 23 heavy (non-hydrogen) atoms. The summed E-state index contributed by atoms with van der Waals surface area (Å²) in [5.74, 6) is 2.52. The van der Waals surface area contributed by atoms with Crippen LogP contribution in [0.3, 0.4) is 0 Å². The third kappa shape index (κ3) is 7.84. The van der Waals surface area contributed by atoms with Crippen LogP contribution in [0, 0.1) is 11.8 Å². The van der Waals surface area contributed by atoms with Crippen LogP contribution >= 0.6 is 11.8 Å². The Morgan fingerprint density at radius 3 is 2.57 bits per heavy atom. The zero-order chi connectivity index (χ0) is 17.2. The lowest BCUT2D eigenvalue weighted by atomic mass is 10.0. The molecule has 0 aliphatic heterocycles. The number of rotatable bonds is 11. The van der Waals surface area contributed by atoms with Gasteiger partial charge in [-0.3, -0.25) is 4.79 Å². The van der Waals surface area contributed by atoms with Gasteiger partial charge >= 0.3 is 0 Å². The van der Waals surface area contributed by atoms with Crippen molar-refractivity contribution < 1.29 is 14.6 Å². The van der Waals surface area contributed by atoms with E-state index < -0.39 is 0 Å². The number of pyridine rings is 1. The van der Waals surface area contributed by atoms with E-state index in [-0.39, 0.29) is 23.6 Å². The Bertz CT molecular complexity index is 460. The third-order valence-corrected chi connectivity index (χ3v) is 5.04. The minimum absolute atomic E-state index is 0.0613. The fourth-order valence-corrected chi connectivity index (χ4v) is 3.14. The molecule has 1 aromatic rings. The van der Waals surface area contributed by atoms with Crippen LogP contribution in [0.5, 0.6) is 5.88 Å². The van der Waals surface area contributed by atoms with Gasteiger partial charge in [-0.15, -0.1) is 0 Å². The maximum Gasteiger partial charge on any atom is 0.213 e. The lowest BCUT2D eigenvalue weighted by Crippen LogP contribution is -2.12. The minimum Gasteiger partial charge on any atom is -0.478 e. The highest BCUT2D eigenvalue weighted by Crippen LogP contribution is 2.34. The highest BCUT2D eigenvalue weighted by molar-refractivity contribution is 7.99. The number of carbonyl (C=O) groups is 1. The van der Waals surface area contributed by atoms with E-state index in [4.69, 9.17) is 9.84 Å². The molecule has 0 aromatic carbocycles. The molecule has 4 nitrogen and oxygen atoms in total. The highest BCUT2D eigenvalue weighted by atomic mass is 32.2.